The van der Waals surface area contributed by atoms with E-state index in [1.54, 1.807) is 0 Å². The van der Waals surface area contributed by atoms with E-state index in [1.165, 1.54) is 6.07 Å². The number of carbonyl (C=O) groups is 1. The van der Waals surface area contributed by atoms with Gasteiger partial charge in [-0.15, -0.1) is 0 Å². The summed E-state index contributed by atoms with van der Waals surface area (Å²) in [5, 5.41) is 16.6. The van der Waals surface area contributed by atoms with Crippen molar-refractivity contribution in [1.29, 1.82) is 0 Å². The van der Waals surface area contributed by atoms with E-state index in [1.807, 2.05) is 5.48 Å². The SMILES string of the molecule is O=C(O)c1coc(CNO)c1. The second-order valence-corrected chi connectivity index (χ2v) is 1.94. The van der Waals surface area contributed by atoms with E-state index in [0.717, 1.165) is 6.26 Å². The van der Waals surface area contributed by atoms with E-state index in [-0.39, 0.29) is 12.1 Å². The van der Waals surface area contributed by atoms with Crippen LogP contribution in [0.4, 0.5) is 0 Å². The van der Waals surface area contributed by atoms with Gasteiger partial charge in [0.2, 0.25) is 0 Å². The van der Waals surface area contributed by atoms with Crippen molar-refractivity contribution in [2.24, 2.45) is 0 Å². The highest BCUT2D eigenvalue weighted by Gasteiger charge is 2.06. The highest BCUT2D eigenvalue weighted by molar-refractivity contribution is 5.87. The number of furan rings is 1. The molecular weight excluding hydrogens is 150 g/mol. The minimum absolute atomic E-state index is 0.0789. The zero-order valence-corrected chi connectivity index (χ0v) is 5.57. The molecule has 60 valence electrons. The number of hydrogen-bond acceptors (Lipinski definition) is 4. The second kappa shape index (κ2) is 3.18. The summed E-state index contributed by atoms with van der Waals surface area (Å²) in [6.45, 7) is 0.104. The number of hydrogen-bond donors (Lipinski definition) is 3. The summed E-state index contributed by atoms with van der Waals surface area (Å²) in [5.74, 6) is -0.664. The summed E-state index contributed by atoms with van der Waals surface area (Å²) in [6.07, 6.45) is 1.12. The fraction of sp³-hybridized carbons (Fsp3) is 0.167. The molecule has 0 amide bonds. The van der Waals surface area contributed by atoms with Crippen molar-refractivity contribution >= 4 is 5.97 Å². The average molecular weight is 157 g/mol. The van der Waals surface area contributed by atoms with Gasteiger partial charge in [-0.25, -0.2) is 4.79 Å². The molecule has 0 saturated heterocycles. The molecule has 3 N–H and O–H groups in total. The molecule has 0 aromatic carbocycles. The van der Waals surface area contributed by atoms with E-state index < -0.39 is 5.97 Å². The molecule has 0 unspecified atom stereocenters. The number of hydroxylamine groups is 1. The molecule has 0 aliphatic rings. The van der Waals surface area contributed by atoms with E-state index in [0.29, 0.717) is 5.76 Å². The number of nitrogens with one attached hydrogen (secondary N) is 1. The van der Waals surface area contributed by atoms with Crippen LogP contribution >= 0.6 is 0 Å². The standard InChI is InChI=1S/C6H7NO4/c8-6(9)4-1-5(2-7-10)11-3-4/h1,3,7,10H,2H2,(H,8,9). The first kappa shape index (κ1) is 7.77. The molecule has 1 rings (SSSR count). The fourth-order valence-electron chi connectivity index (χ4n) is 0.663. The maximum absolute atomic E-state index is 10.3. The summed E-state index contributed by atoms with van der Waals surface area (Å²) >= 11 is 0. The summed E-state index contributed by atoms with van der Waals surface area (Å²) in [4.78, 5) is 10.3. The molecule has 1 aromatic heterocycles. The van der Waals surface area contributed by atoms with Gasteiger partial charge in [-0.2, -0.15) is 5.48 Å². The Morgan fingerprint density at radius 3 is 2.91 bits per heavy atom. The molecule has 5 heteroatoms. The van der Waals surface area contributed by atoms with Crippen LogP contribution in [0, 0.1) is 0 Å². The van der Waals surface area contributed by atoms with Gasteiger partial charge in [0.25, 0.3) is 0 Å². The molecule has 5 nitrogen and oxygen atoms in total. The predicted molar refractivity (Wildman–Crippen MR) is 34.3 cm³/mol. The fourth-order valence-corrected chi connectivity index (χ4v) is 0.663. The van der Waals surface area contributed by atoms with Crippen LogP contribution in [0.1, 0.15) is 16.1 Å². The zero-order chi connectivity index (χ0) is 8.27. The summed E-state index contributed by atoms with van der Waals surface area (Å²) in [7, 11) is 0. The lowest BCUT2D eigenvalue weighted by atomic mass is 10.3. The van der Waals surface area contributed by atoms with Crippen LogP contribution in [0.3, 0.4) is 0 Å². The Kier molecular flexibility index (Phi) is 2.25. The van der Waals surface area contributed by atoms with E-state index in [9.17, 15) is 4.79 Å². The minimum Gasteiger partial charge on any atom is -0.478 e. The molecule has 1 heterocycles. The summed E-state index contributed by atoms with van der Waals surface area (Å²) in [5.41, 5.74) is 1.93. The van der Waals surface area contributed by atoms with Gasteiger partial charge in [0, 0.05) is 0 Å². The molecule has 11 heavy (non-hydrogen) atoms. The van der Waals surface area contributed by atoms with Crippen molar-refractivity contribution in [3.8, 4) is 0 Å². The van der Waals surface area contributed by atoms with Gasteiger partial charge in [-0.05, 0) is 6.07 Å². The van der Waals surface area contributed by atoms with Crippen molar-refractivity contribution in [2.75, 3.05) is 0 Å². The van der Waals surface area contributed by atoms with Gasteiger partial charge in [0.05, 0.1) is 12.1 Å². The third kappa shape index (κ3) is 1.79. The smallest absolute Gasteiger partial charge is 0.338 e. The lowest BCUT2D eigenvalue weighted by molar-refractivity contribution is 0.0696. The van der Waals surface area contributed by atoms with Crippen LogP contribution in [0.25, 0.3) is 0 Å². The van der Waals surface area contributed by atoms with Gasteiger partial charge >= 0.3 is 5.97 Å². The molecule has 0 bridgehead atoms. The molecule has 0 atom stereocenters. The van der Waals surface area contributed by atoms with Gasteiger partial charge < -0.3 is 14.7 Å². The van der Waals surface area contributed by atoms with Gasteiger partial charge in [0.15, 0.2) is 0 Å². The minimum atomic E-state index is -1.04. The molecule has 0 fully saturated rings. The van der Waals surface area contributed by atoms with Crippen LogP contribution in [0.5, 0.6) is 0 Å². The van der Waals surface area contributed by atoms with Gasteiger partial charge in [-0.1, -0.05) is 0 Å². The lowest BCUT2D eigenvalue weighted by Gasteiger charge is -1.88. The highest BCUT2D eigenvalue weighted by atomic mass is 16.5. The molecule has 1 aromatic rings. The molecule has 0 aliphatic carbocycles. The van der Waals surface area contributed by atoms with Crippen molar-refractivity contribution in [3.05, 3.63) is 23.7 Å². The average Bonchev–Trinajstić information content (AvgIpc) is 2.37. The Hall–Kier alpha value is -1.33. The van der Waals surface area contributed by atoms with E-state index >= 15 is 0 Å². The van der Waals surface area contributed by atoms with Crippen LogP contribution in [-0.4, -0.2) is 16.3 Å². The Balaban J connectivity index is 2.73. The van der Waals surface area contributed by atoms with Crippen LogP contribution < -0.4 is 5.48 Å². The number of carboxylic acids is 1. The molecule has 0 spiro atoms. The maximum atomic E-state index is 10.3. The van der Waals surface area contributed by atoms with E-state index in [4.69, 9.17) is 14.7 Å². The normalized spacial score (nSPS) is 9.91. The first-order valence-electron chi connectivity index (χ1n) is 2.91. The molecule has 0 radical (unpaired) electrons. The second-order valence-electron chi connectivity index (χ2n) is 1.94. The van der Waals surface area contributed by atoms with Crippen molar-refractivity contribution in [2.45, 2.75) is 6.54 Å². The predicted octanol–water partition coefficient (Wildman–Crippen LogP) is 0.457. The van der Waals surface area contributed by atoms with Crippen molar-refractivity contribution < 1.29 is 19.5 Å². The van der Waals surface area contributed by atoms with Gasteiger partial charge in [0.1, 0.15) is 12.0 Å². The maximum Gasteiger partial charge on any atom is 0.338 e. The third-order valence-corrected chi connectivity index (χ3v) is 1.15. The summed E-state index contributed by atoms with van der Waals surface area (Å²) in [6, 6.07) is 1.34. The Labute approximate surface area is 62.2 Å². The van der Waals surface area contributed by atoms with Crippen molar-refractivity contribution in [3.63, 3.8) is 0 Å². The first-order chi connectivity index (χ1) is 5.24. The van der Waals surface area contributed by atoms with Gasteiger partial charge in [-0.3, -0.25) is 0 Å². The Morgan fingerprint density at radius 2 is 2.45 bits per heavy atom. The highest BCUT2D eigenvalue weighted by Crippen LogP contribution is 2.06. The monoisotopic (exact) mass is 157 g/mol. The number of aromatic carboxylic acids is 1. The number of carboxylic acid groups (broad SMARTS) is 1. The zero-order valence-electron chi connectivity index (χ0n) is 5.57. The Morgan fingerprint density at radius 1 is 1.73 bits per heavy atom. The van der Waals surface area contributed by atoms with Crippen LogP contribution in [0.15, 0.2) is 16.7 Å². The largest absolute Gasteiger partial charge is 0.478 e. The third-order valence-electron chi connectivity index (χ3n) is 1.15. The molecular formula is C6H7NO4. The van der Waals surface area contributed by atoms with Crippen LogP contribution in [0.2, 0.25) is 0 Å². The van der Waals surface area contributed by atoms with Crippen molar-refractivity contribution in [1.82, 2.24) is 5.48 Å². The summed E-state index contributed by atoms with van der Waals surface area (Å²) < 4.78 is 4.76. The quantitative estimate of drug-likeness (QED) is 0.555. The molecule has 0 aliphatic heterocycles. The first-order valence-corrected chi connectivity index (χ1v) is 2.91. The molecule has 0 saturated carbocycles. The Bertz CT molecular complexity index is 255. The van der Waals surface area contributed by atoms with Crippen LogP contribution in [-0.2, 0) is 6.54 Å². The lowest BCUT2D eigenvalue weighted by Crippen LogP contribution is -2.04. The topological polar surface area (TPSA) is 82.7 Å². The van der Waals surface area contributed by atoms with E-state index in [2.05, 4.69) is 0 Å². The number of rotatable bonds is 3.